The first kappa shape index (κ1) is 15.8. The quantitative estimate of drug-likeness (QED) is 0.784. The fourth-order valence-electron chi connectivity index (χ4n) is 2.03. The third-order valence-electron chi connectivity index (χ3n) is 3.37. The third kappa shape index (κ3) is 5.34. The summed E-state index contributed by atoms with van der Waals surface area (Å²) in [4.78, 5) is 0. The van der Waals surface area contributed by atoms with E-state index in [-0.39, 0.29) is 12.6 Å². The number of hydrogen-bond acceptors (Lipinski definition) is 4. The zero-order valence-corrected chi connectivity index (χ0v) is 12.6. The van der Waals surface area contributed by atoms with Crippen LogP contribution < -0.4 is 5.32 Å². The van der Waals surface area contributed by atoms with Crippen molar-refractivity contribution in [2.24, 2.45) is 0 Å². The molecule has 2 N–H and O–H groups in total. The van der Waals surface area contributed by atoms with Gasteiger partial charge in [0.05, 0.1) is 19.0 Å². The molecule has 1 aromatic carbocycles. The molecule has 0 aliphatic rings. The van der Waals surface area contributed by atoms with Gasteiger partial charge in [-0.25, -0.2) is 0 Å². The van der Waals surface area contributed by atoms with Crippen LogP contribution in [0.3, 0.4) is 0 Å². The standard InChI is InChI=1S/C17H23NO3/c1-13-5-7-15(8-6-13)14(2)18-10-16(19)11-20-12-17-4-3-9-21-17/h3-9,14,16,18-19H,10-12H2,1-2H3/t14-,16?/m0/s1. The number of furan rings is 1. The summed E-state index contributed by atoms with van der Waals surface area (Å²) in [6.45, 7) is 5.32. The minimum Gasteiger partial charge on any atom is -0.467 e. The summed E-state index contributed by atoms with van der Waals surface area (Å²) >= 11 is 0. The highest BCUT2D eigenvalue weighted by Crippen LogP contribution is 2.12. The first-order valence-corrected chi connectivity index (χ1v) is 7.23. The number of hydrogen-bond donors (Lipinski definition) is 2. The molecule has 114 valence electrons. The van der Waals surface area contributed by atoms with E-state index in [4.69, 9.17) is 9.15 Å². The van der Waals surface area contributed by atoms with E-state index in [1.807, 2.05) is 12.1 Å². The van der Waals surface area contributed by atoms with Gasteiger partial charge in [-0.2, -0.15) is 0 Å². The van der Waals surface area contributed by atoms with Gasteiger partial charge in [0.2, 0.25) is 0 Å². The summed E-state index contributed by atoms with van der Waals surface area (Å²) in [5.41, 5.74) is 2.46. The molecule has 2 rings (SSSR count). The number of aliphatic hydroxyl groups is 1. The Bertz CT molecular complexity index is 507. The van der Waals surface area contributed by atoms with Crippen molar-refractivity contribution >= 4 is 0 Å². The van der Waals surface area contributed by atoms with E-state index in [0.29, 0.717) is 13.2 Å². The van der Waals surface area contributed by atoms with Crippen molar-refractivity contribution in [3.63, 3.8) is 0 Å². The van der Waals surface area contributed by atoms with E-state index >= 15 is 0 Å². The maximum atomic E-state index is 9.90. The first-order valence-electron chi connectivity index (χ1n) is 7.23. The highest BCUT2D eigenvalue weighted by atomic mass is 16.5. The molecule has 2 atom stereocenters. The molecule has 21 heavy (non-hydrogen) atoms. The molecule has 1 unspecified atom stereocenters. The van der Waals surface area contributed by atoms with Gasteiger partial charge in [-0.15, -0.1) is 0 Å². The van der Waals surface area contributed by atoms with Gasteiger partial charge in [-0.3, -0.25) is 0 Å². The van der Waals surface area contributed by atoms with E-state index in [0.717, 1.165) is 5.76 Å². The summed E-state index contributed by atoms with van der Waals surface area (Å²) < 4.78 is 10.6. The van der Waals surface area contributed by atoms with Crippen molar-refractivity contribution in [2.75, 3.05) is 13.2 Å². The van der Waals surface area contributed by atoms with Gasteiger partial charge in [-0.1, -0.05) is 29.8 Å². The summed E-state index contributed by atoms with van der Waals surface area (Å²) in [5, 5.41) is 13.2. The second kappa shape index (κ2) is 7.98. The van der Waals surface area contributed by atoms with Gasteiger partial charge >= 0.3 is 0 Å². The highest BCUT2D eigenvalue weighted by Gasteiger charge is 2.09. The molecule has 0 saturated carbocycles. The van der Waals surface area contributed by atoms with Gasteiger partial charge < -0.3 is 19.6 Å². The molecule has 2 aromatic rings. The molecule has 1 heterocycles. The Balaban J connectivity index is 1.66. The number of nitrogens with one attached hydrogen (secondary N) is 1. The fourth-order valence-corrected chi connectivity index (χ4v) is 2.03. The molecule has 0 amide bonds. The fraction of sp³-hybridized carbons (Fsp3) is 0.412. The molecule has 0 bridgehead atoms. The van der Waals surface area contributed by atoms with Crippen LogP contribution in [-0.4, -0.2) is 24.4 Å². The second-order valence-electron chi connectivity index (χ2n) is 5.29. The maximum absolute atomic E-state index is 9.90. The lowest BCUT2D eigenvalue weighted by atomic mass is 10.1. The number of ether oxygens (including phenoxy) is 1. The van der Waals surface area contributed by atoms with Crippen LogP contribution in [0.2, 0.25) is 0 Å². The van der Waals surface area contributed by atoms with E-state index in [1.165, 1.54) is 11.1 Å². The Hall–Kier alpha value is -1.62. The van der Waals surface area contributed by atoms with Gasteiger partial charge in [0.25, 0.3) is 0 Å². The molecule has 0 radical (unpaired) electrons. The van der Waals surface area contributed by atoms with Crippen LogP contribution in [0, 0.1) is 6.92 Å². The van der Waals surface area contributed by atoms with Crippen molar-refractivity contribution in [3.05, 3.63) is 59.5 Å². The van der Waals surface area contributed by atoms with Crippen LogP contribution in [0.5, 0.6) is 0 Å². The average Bonchev–Trinajstić information content (AvgIpc) is 2.99. The minimum atomic E-state index is -0.534. The monoisotopic (exact) mass is 289 g/mol. The van der Waals surface area contributed by atoms with E-state index in [1.54, 1.807) is 6.26 Å². The lowest BCUT2D eigenvalue weighted by Gasteiger charge is -2.17. The van der Waals surface area contributed by atoms with Crippen LogP contribution in [0.25, 0.3) is 0 Å². The zero-order chi connectivity index (χ0) is 15.1. The molecular weight excluding hydrogens is 266 g/mol. The smallest absolute Gasteiger partial charge is 0.129 e. The molecule has 0 spiro atoms. The Kier molecular flexibility index (Phi) is 5.99. The molecule has 4 heteroatoms. The zero-order valence-electron chi connectivity index (χ0n) is 12.6. The second-order valence-corrected chi connectivity index (χ2v) is 5.29. The largest absolute Gasteiger partial charge is 0.467 e. The molecule has 0 saturated heterocycles. The van der Waals surface area contributed by atoms with Crippen molar-refractivity contribution in [1.29, 1.82) is 0 Å². The molecule has 1 aromatic heterocycles. The van der Waals surface area contributed by atoms with Gasteiger partial charge in [0, 0.05) is 12.6 Å². The van der Waals surface area contributed by atoms with Crippen molar-refractivity contribution in [3.8, 4) is 0 Å². The predicted octanol–water partition coefficient (Wildman–Crippen LogP) is 2.82. The summed E-state index contributed by atoms with van der Waals surface area (Å²) in [6.07, 6.45) is 1.08. The van der Waals surface area contributed by atoms with Gasteiger partial charge in [-0.05, 0) is 31.5 Å². The molecule has 4 nitrogen and oxygen atoms in total. The van der Waals surface area contributed by atoms with E-state index < -0.39 is 6.10 Å². The summed E-state index contributed by atoms with van der Waals surface area (Å²) in [6, 6.07) is 12.3. The Morgan fingerprint density at radius 3 is 2.67 bits per heavy atom. The average molecular weight is 289 g/mol. The van der Waals surface area contributed by atoms with Crippen molar-refractivity contribution in [1.82, 2.24) is 5.32 Å². The number of aryl methyl sites for hydroxylation is 1. The van der Waals surface area contributed by atoms with E-state index in [9.17, 15) is 5.11 Å². The summed E-state index contributed by atoms with van der Waals surface area (Å²) in [7, 11) is 0. The highest BCUT2D eigenvalue weighted by molar-refractivity contribution is 5.23. The molecule has 0 fully saturated rings. The number of rotatable bonds is 8. The van der Waals surface area contributed by atoms with Crippen LogP contribution in [0.1, 0.15) is 29.9 Å². The van der Waals surface area contributed by atoms with Gasteiger partial charge in [0.15, 0.2) is 0 Å². The topological polar surface area (TPSA) is 54.6 Å². The first-order chi connectivity index (χ1) is 10.1. The molecule has 0 aliphatic carbocycles. The van der Waals surface area contributed by atoms with Crippen LogP contribution >= 0.6 is 0 Å². The van der Waals surface area contributed by atoms with Crippen LogP contribution in [-0.2, 0) is 11.3 Å². The molecular formula is C17H23NO3. The van der Waals surface area contributed by atoms with Crippen LogP contribution in [0.15, 0.2) is 47.1 Å². The Labute approximate surface area is 125 Å². The van der Waals surface area contributed by atoms with Crippen molar-refractivity contribution < 1.29 is 14.3 Å². The number of aliphatic hydroxyl groups excluding tert-OH is 1. The van der Waals surface area contributed by atoms with E-state index in [2.05, 4.69) is 43.4 Å². The lowest BCUT2D eigenvalue weighted by Crippen LogP contribution is -2.32. The maximum Gasteiger partial charge on any atom is 0.129 e. The predicted molar refractivity (Wildman–Crippen MR) is 82.0 cm³/mol. The lowest BCUT2D eigenvalue weighted by molar-refractivity contribution is 0.0217. The minimum absolute atomic E-state index is 0.199. The normalized spacial score (nSPS) is 14.0. The molecule has 0 aliphatic heterocycles. The Morgan fingerprint density at radius 2 is 2.00 bits per heavy atom. The van der Waals surface area contributed by atoms with Crippen LogP contribution in [0.4, 0.5) is 0 Å². The summed E-state index contributed by atoms with van der Waals surface area (Å²) in [5.74, 6) is 0.767. The number of benzene rings is 1. The SMILES string of the molecule is Cc1ccc([C@H](C)NCC(O)COCc2ccco2)cc1. The van der Waals surface area contributed by atoms with Crippen molar-refractivity contribution in [2.45, 2.75) is 32.6 Å². The Morgan fingerprint density at radius 1 is 1.24 bits per heavy atom. The van der Waals surface area contributed by atoms with Gasteiger partial charge in [0.1, 0.15) is 12.4 Å². The third-order valence-corrected chi connectivity index (χ3v) is 3.37.